The number of likely N-dealkylation sites (tertiary alicyclic amines) is 1. The third-order valence-corrected chi connectivity index (χ3v) is 3.79. The fraction of sp³-hybridized carbons (Fsp3) is 0.923. The van der Waals surface area contributed by atoms with Crippen LogP contribution in [0.3, 0.4) is 0 Å². The Bertz CT molecular complexity index is 263. The Labute approximate surface area is 116 Å². The lowest BCUT2D eigenvalue weighted by atomic mass is 9.95. The Balaban J connectivity index is 2.24. The lowest BCUT2D eigenvalue weighted by Crippen LogP contribution is -2.52. The van der Waals surface area contributed by atoms with Gasteiger partial charge in [0.2, 0.25) is 0 Å². The van der Waals surface area contributed by atoms with Crippen molar-refractivity contribution in [2.24, 2.45) is 0 Å². The molecular formula is C13H26N2O2S. The quantitative estimate of drug-likeness (QED) is 0.590. The number of ether oxygens (including phenoxy) is 2. The molecule has 0 bridgehead atoms. The number of methoxy groups -OCH3 is 1. The van der Waals surface area contributed by atoms with E-state index in [2.05, 4.69) is 17.1 Å². The Hall–Kier alpha value is -0.390. The molecule has 4 nitrogen and oxygen atoms in total. The third kappa shape index (κ3) is 5.08. The van der Waals surface area contributed by atoms with Gasteiger partial charge in [-0.1, -0.05) is 0 Å². The van der Waals surface area contributed by atoms with Gasteiger partial charge >= 0.3 is 0 Å². The highest BCUT2D eigenvalue weighted by Crippen LogP contribution is 2.23. The van der Waals surface area contributed by atoms with E-state index >= 15 is 0 Å². The lowest BCUT2D eigenvalue weighted by Gasteiger charge is -2.40. The molecule has 0 aliphatic carbocycles. The predicted molar refractivity (Wildman–Crippen MR) is 77.9 cm³/mol. The van der Waals surface area contributed by atoms with E-state index < -0.39 is 0 Å². The van der Waals surface area contributed by atoms with Gasteiger partial charge in [0.1, 0.15) is 0 Å². The molecule has 1 aliphatic heterocycles. The van der Waals surface area contributed by atoms with Crippen LogP contribution < -0.4 is 5.32 Å². The molecule has 0 spiro atoms. The van der Waals surface area contributed by atoms with E-state index in [4.69, 9.17) is 21.7 Å². The second-order valence-corrected chi connectivity index (χ2v) is 5.35. The summed E-state index contributed by atoms with van der Waals surface area (Å²) in [5, 5.41) is 4.14. The average Bonchev–Trinajstić information content (AvgIpc) is 2.38. The predicted octanol–water partition coefficient (Wildman–Crippen LogP) is 1.79. The molecule has 1 fully saturated rings. The highest BCUT2D eigenvalue weighted by molar-refractivity contribution is 7.80. The molecular weight excluding hydrogens is 248 g/mol. The summed E-state index contributed by atoms with van der Waals surface area (Å²) in [6.07, 6.45) is 3.22. The van der Waals surface area contributed by atoms with Gasteiger partial charge in [-0.25, -0.2) is 0 Å². The summed E-state index contributed by atoms with van der Waals surface area (Å²) < 4.78 is 10.9. The largest absolute Gasteiger partial charge is 0.382 e. The molecule has 0 saturated carbocycles. The van der Waals surface area contributed by atoms with Crippen molar-refractivity contribution in [2.75, 3.05) is 40.0 Å². The van der Waals surface area contributed by atoms with Crippen molar-refractivity contribution < 1.29 is 9.47 Å². The number of piperidine rings is 1. The molecule has 0 aromatic heterocycles. The summed E-state index contributed by atoms with van der Waals surface area (Å²) in [6, 6.07) is 0. The van der Waals surface area contributed by atoms with Crippen LogP contribution in [0.5, 0.6) is 0 Å². The van der Waals surface area contributed by atoms with Crippen LogP contribution in [0, 0.1) is 0 Å². The molecule has 0 radical (unpaired) electrons. The van der Waals surface area contributed by atoms with Gasteiger partial charge in [-0.15, -0.1) is 0 Å². The van der Waals surface area contributed by atoms with Crippen LogP contribution in [0.25, 0.3) is 0 Å². The Kier molecular flexibility index (Phi) is 6.89. The van der Waals surface area contributed by atoms with Gasteiger partial charge in [-0.05, 0) is 45.3 Å². The van der Waals surface area contributed by atoms with E-state index in [1.165, 1.54) is 0 Å². The summed E-state index contributed by atoms with van der Waals surface area (Å²) >= 11 is 5.42. The molecule has 1 atom stereocenters. The van der Waals surface area contributed by atoms with Crippen LogP contribution in [0.4, 0.5) is 0 Å². The van der Waals surface area contributed by atoms with Gasteiger partial charge in [-0.3, -0.25) is 0 Å². The summed E-state index contributed by atoms with van der Waals surface area (Å²) in [6.45, 7) is 8.51. The minimum absolute atomic E-state index is 0.0602. The highest BCUT2D eigenvalue weighted by atomic mass is 32.1. The van der Waals surface area contributed by atoms with Crippen molar-refractivity contribution in [3.05, 3.63) is 0 Å². The third-order valence-electron chi connectivity index (χ3n) is 3.38. The van der Waals surface area contributed by atoms with Crippen molar-refractivity contribution >= 4 is 17.3 Å². The van der Waals surface area contributed by atoms with Gasteiger partial charge < -0.3 is 19.7 Å². The number of nitrogens with one attached hydrogen (secondary N) is 1. The van der Waals surface area contributed by atoms with Crippen LogP contribution in [-0.4, -0.2) is 55.6 Å². The fourth-order valence-electron chi connectivity index (χ4n) is 2.17. The van der Waals surface area contributed by atoms with Crippen LogP contribution in [0.1, 0.15) is 33.1 Å². The first-order valence-corrected chi connectivity index (χ1v) is 7.18. The molecule has 1 unspecified atom stereocenters. The van der Waals surface area contributed by atoms with E-state index in [1.54, 1.807) is 7.11 Å². The van der Waals surface area contributed by atoms with Crippen LogP contribution >= 0.6 is 12.2 Å². The summed E-state index contributed by atoms with van der Waals surface area (Å²) in [7, 11) is 1.78. The number of hydrogen-bond acceptors (Lipinski definition) is 3. The molecule has 0 aromatic carbocycles. The Morgan fingerprint density at radius 2 is 2.28 bits per heavy atom. The highest BCUT2D eigenvalue weighted by Gasteiger charge is 2.31. The zero-order valence-corrected chi connectivity index (χ0v) is 12.6. The average molecular weight is 274 g/mol. The summed E-state index contributed by atoms with van der Waals surface area (Å²) in [5.74, 6) is 0. The van der Waals surface area contributed by atoms with Crippen LogP contribution in [-0.2, 0) is 9.47 Å². The molecule has 0 aromatic rings. The van der Waals surface area contributed by atoms with Gasteiger partial charge in [-0.2, -0.15) is 0 Å². The minimum Gasteiger partial charge on any atom is -0.382 e. The number of nitrogens with zero attached hydrogens (tertiary/aromatic N) is 1. The van der Waals surface area contributed by atoms with Gasteiger partial charge in [0.25, 0.3) is 0 Å². The zero-order chi connectivity index (χ0) is 13.4. The van der Waals surface area contributed by atoms with Crippen molar-refractivity contribution in [3.63, 3.8) is 0 Å². The lowest BCUT2D eigenvalue weighted by molar-refractivity contribution is -0.0350. The van der Waals surface area contributed by atoms with E-state index in [1.807, 2.05) is 6.92 Å². The topological polar surface area (TPSA) is 33.7 Å². The van der Waals surface area contributed by atoms with Gasteiger partial charge in [0.15, 0.2) is 5.11 Å². The first kappa shape index (κ1) is 15.7. The fourth-order valence-corrected chi connectivity index (χ4v) is 2.43. The maximum absolute atomic E-state index is 5.57. The van der Waals surface area contributed by atoms with E-state index in [0.717, 1.165) is 57.2 Å². The van der Waals surface area contributed by atoms with Crippen LogP contribution in [0.2, 0.25) is 0 Å². The molecule has 1 saturated heterocycles. The first-order chi connectivity index (χ1) is 8.61. The van der Waals surface area contributed by atoms with E-state index in [0.29, 0.717) is 0 Å². The molecule has 1 heterocycles. The van der Waals surface area contributed by atoms with Crippen molar-refractivity contribution in [1.82, 2.24) is 10.2 Å². The maximum atomic E-state index is 5.57. The Morgan fingerprint density at radius 3 is 2.94 bits per heavy atom. The second kappa shape index (κ2) is 7.92. The maximum Gasteiger partial charge on any atom is 0.169 e. The van der Waals surface area contributed by atoms with E-state index in [9.17, 15) is 0 Å². The Morgan fingerprint density at radius 1 is 1.50 bits per heavy atom. The van der Waals surface area contributed by atoms with Gasteiger partial charge in [0.05, 0.1) is 5.60 Å². The molecule has 18 heavy (non-hydrogen) atoms. The minimum atomic E-state index is -0.0602. The molecule has 1 N–H and O–H groups in total. The zero-order valence-electron chi connectivity index (χ0n) is 11.8. The molecule has 5 heteroatoms. The normalized spacial score (nSPS) is 24.1. The van der Waals surface area contributed by atoms with Gasteiger partial charge in [0, 0.05) is 40.0 Å². The van der Waals surface area contributed by atoms with Crippen molar-refractivity contribution in [2.45, 2.75) is 38.7 Å². The van der Waals surface area contributed by atoms with Crippen LogP contribution in [0.15, 0.2) is 0 Å². The second-order valence-electron chi connectivity index (χ2n) is 4.96. The SMILES string of the molecule is CCOCCCNC(=S)N1CCCC(C)(OC)C1. The smallest absolute Gasteiger partial charge is 0.169 e. The number of rotatable bonds is 6. The van der Waals surface area contributed by atoms with Crippen molar-refractivity contribution in [1.29, 1.82) is 0 Å². The summed E-state index contributed by atoms with van der Waals surface area (Å²) in [4.78, 5) is 2.21. The number of thiocarbonyl (C=S) groups is 1. The van der Waals surface area contributed by atoms with Crippen molar-refractivity contribution in [3.8, 4) is 0 Å². The molecule has 0 amide bonds. The monoisotopic (exact) mass is 274 g/mol. The molecule has 1 aliphatic rings. The van der Waals surface area contributed by atoms with E-state index in [-0.39, 0.29) is 5.60 Å². The number of hydrogen-bond donors (Lipinski definition) is 1. The summed E-state index contributed by atoms with van der Waals surface area (Å²) in [5.41, 5.74) is -0.0602. The molecule has 1 rings (SSSR count). The molecule has 106 valence electrons. The first-order valence-electron chi connectivity index (χ1n) is 6.77. The standard InChI is InChI=1S/C13H26N2O2S/c1-4-17-10-6-8-14-12(18)15-9-5-7-13(2,11-15)16-3/h4-11H2,1-3H3,(H,14,18).